The van der Waals surface area contributed by atoms with Crippen molar-refractivity contribution in [1.82, 2.24) is 15.3 Å². The van der Waals surface area contributed by atoms with Gasteiger partial charge in [0.05, 0.1) is 16.3 Å². The van der Waals surface area contributed by atoms with Gasteiger partial charge in [0.2, 0.25) is 5.95 Å². The molecule has 0 bridgehead atoms. The monoisotopic (exact) mass is 418 g/mol. The minimum absolute atomic E-state index is 0.196. The van der Waals surface area contributed by atoms with Crippen molar-refractivity contribution in [3.8, 4) is 0 Å². The van der Waals surface area contributed by atoms with E-state index >= 15 is 0 Å². The van der Waals surface area contributed by atoms with Crippen LogP contribution in [-0.4, -0.2) is 22.4 Å². The van der Waals surface area contributed by atoms with Crippen LogP contribution in [0.4, 0.5) is 24.8 Å². The molecule has 1 heterocycles. The fourth-order valence-electron chi connectivity index (χ4n) is 2.56. The van der Waals surface area contributed by atoms with Crippen LogP contribution in [-0.2, 0) is 6.18 Å². The molecule has 3 rings (SSSR count). The Labute approximate surface area is 163 Å². The second-order valence-electron chi connectivity index (χ2n) is 6.21. The first-order valence-electron chi connectivity index (χ1n) is 8.18. The van der Waals surface area contributed by atoms with E-state index in [2.05, 4.69) is 20.6 Å². The number of benzene rings is 1. The summed E-state index contributed by atoms with van der Waals surface area (Å²) in [7, 11) is 0. The molecule has 0 radical (unpaired) electrons. The van der Waals surface area contributed by atoms with E-state index in [0.717, 1.165) is 25.5 Å². The Morgan fingerprint density at radius 1 is 1.26 bits per heavy atom. The van der Waals surface area contributed by atoms with Crippen molar-refractivity contribution in [3.63, 3.8) is 0 Å². The molecular formula is C17H15Cl2F3N4O. The molecule has 5 nitrogen and oxygen atoms in total. The lowest BCUT2D eigenvalue weighted by Gasteiger charge is -2.25. The van der Waals surface area contributed by atoms with Gasteiger partial charge in [-0.3, -0.25) is 4.79 Å². The topological polar surface area (TPSA) is 66.9 Å². The summed E-state index contributed by atoms with van der Waals surface area (Å²) in [6, 6.07) is 4.43. The molecule has 0 aliphatic heterocycles. The van der Waals surface area contributed by atoms with Gasteiger partial charge >= 0.3 is 6.18 Å². The second kappa shape index (κ2) is 7.90. The van der Waals surface area contributed by atoms with Crippen molar-refractivity contribution >= 4 is 40.7 Å². The molecule has 2 N–H and O–H groups in total. The summed E-state index contributed by atoms with van der Waals surface area (Å²) in [6.07, 6.45) is -0.948. The maximum absolute atomic E-state index is 13.4. The molecule has 0 saturated heterocycles. The summed E-state index contributed by atoms with van der Waals surface area (Å²) in [5.74, 6) is -0.857. The van der Waals surface area contributed by atoms with Crippen molar-refractivity contribution in [1.29, 1.82) is 0 Å². The Morgan fingerprint density at radius 3 is 2.59 bits per heavy atom. The molecule has 1 aliphatic rings. The van der Waals surface area contributed by atoms with Gasteiger partial charge in [-0.25, -0.2) is 9.97 Å². The summed E-state index contributed by atoms with van der Waals surface area (Å²) < 4.78 is 40.2. The summed E-state index contributed by atoms with van der Waals surface area (Å²) in [6.45, 7) is 0.344. The molecular weight excluding hydrogens is 404 g/mol. The molecule has 1 fully saturated rings. The first-order valence-corrected chi connectivity index (χ1v) is 8.94. The normalized spacial score (nSPS) is 14.6. The highest BCUT2D eigenvalue weighted by Gasteiger charge is 2.38. The van der Waals surface area contributed by atoms with Crippen LogP contribution >= 0.6 is 23.2 Å². The number of amides is 1. The highest BCUT2D eigenvalue weighted by atomic mass is 35.5. The van der Waals surface area contributed by atoms with E-state index < -0.39 is 23.3 Å². The molecule has 144 valence electrons. The van der Waals surface area contributed by atoms with Crippen molar-refractivity contribution < 1.29 is 18.0 Å². The van der Waals surface area contributed by atoms with E-state index in [0.29, 0.717) is 17.5 Å². The molecule has 1 aromatic heterocycles. The molecule has 1 aliphatic carbocycles. The lowest BCUT2D eigenvalue weighted by molar-refractivity contribution is -0.141. The van der Waals surface area contributed by atoms with Crippen LogP contribution in [0.15, 0.2) is 24.4 Å². The minimum Gasteiger partial charge on any atom is -0.352 e. The zero-order valence-electron chi connectivity index (χ0n) is 13.9. The number of hydrogen-bond donors (Lipinski definition) is 2. The molecule has 0 unspecified atom stereocenters. The number of aromatic nitrogens is 2. The average Bonchev–Trinajstić information content (AvgIpc) is 2.55. The SMILES string of the molecule is O=C(NCC1CCC1)c1cnc(Nc2ccc(Cl)cc2Cl)nc1C(F)(F)F. The lowest BCUT2D eigenvalue weighted by Crippen LogP contribution is -2.33. The molecule has 2 aromatic rings. The maximum atomic E-state index is 13.4. The van der Waals surface area contributed by atoms with E-state index in [-0.39, 0.29) is 16.7 Å². The fraction of sp³-hybridized carbons (Fsp3) is 0.353. The molecule has 10 heteroatoms. The standard InChI is InChI=1S/C17H15Cl2F3N4O/c18-10-4-5-13(12(19)6-10)25-16-24-8-11(14(26-16)17(20,21)22)15(27)23-7-9-2-1-3-9/h4-6,8-9H,1-3,7H2,(H,23,27)(H,24,25,26). The molecule has 1 amide bonds. The van der Waals surface area contributed by atoms with Gasteiger partial charge in [0.15, 0.2) is 5.69 Å². The van der Waals surface area contributed by atoms with Crippen LogP contribution in [0.25, 0.3) is 0 Å². The van der Waals surface area contributed by atoms with Crippen LogP contribution in [0.2, 0.25) is 10.0 Å². The Bertz CT molecular complexity index is 857. The number of carbonyl (C=O) groups is 1. The lowest BCUT2D eigenvalue weighted by atomic mass is 9.85. The number of anilines is 2. The summed E-state index contributed by atoms with van der Waals surface area (Å²) in [5, 5.41) is 5.70. The third kappa shape index (κ3) is 4.81. The highest BCUT2D eigenvalue weighted by molar-refractivity contribution is 6.36. The largest absolute Gasteiger partial charge is 0.434 e. The number of nitrogens with zero attached hydrogens (tertiary/aromatic N) is 2. The van der Waals surface area contributed by atoms with E-state index in [4.69, 9.17) is 23.2 Å². The smallest absolute Gasteiger partial charge is 0.352 e. The van der Waals surface area contributed by atoms with Crippen LogP contribution in [0.5, 0.6) is 0 Å². The predicted molar refractivity (Wildman–Crippen MR) is 96.5 cm³/mol. The van der Waals surface area contributed by atoms with Crippen LogP contribution in [0.3, 0.4) is 0 Å². The Balaban J connectivity index is 1.83. The molecule has 0 spiro atoms. The quantitative estimate of drug-likeness (QED) is 0.710. The van der Waals surface area contributed by atoms with Crippen molar-refractivity contribution in [3.05, 3.63) is 45.7 Å². The Morgan fingerprint density at radius 2 is 2.00 bits per heavy atom. The predicted octanol–water partition coefficient (Wildman–Crippen LogP) is 5.08. The van der Waals surface area contributed by atoms with Crippen LogP contribution in [0.1, 0.15) is 35.3 Å². The van der Waals surface area contributed by atoms with Gasteiger partial charge in [0, 0.05) is 17.8 Å². The zero-order valence-corrected chi connectivity index (χ0v) is 15.4. The van der Waals surface area contributed by atoms with Gasteiger partial charge < -0.3 is 10.6 Å². The van der Waals surface area contributed by atoms with E-state index in [1.807, 2.05) is 0 Å². The van der Waals surface area contributed by atoms with E-state index in [9.17, 15) is 18.0 Å². The first kappa shape index (κ1) is 19.7. The molecule has 1 saturated carbocycles. The van der Waals surface area contributed by atoms with E-state index in [1.165, 1.54) is 18.2 Å². The summed E-state index contributed by atoms with van der Waals surface area (Å²) in [4.78, 5) is 19.5. The van der Waals surface area contributed by atoms with Gasteiger partial charge in [-0.15, -0.1) is 0 Å². The summed E-state index contributed by atoms with van der Waals surface area (Å²) >= 11 is 11.8. The van der Waals surface area contributed by atoms with Gasteiger partial charge in [-0.1, -0.05) is 29.6 Å². The number of hydrogen-bond acceptors (Lipinski definition) is 4. The maximum Gasteiger partial charge on any atom is 0.434 e. The summed E-state index contributed by atoms with van der Waals surface area (Å²) in [5.41, 5.74) is -1.64. The third-order valence-electron chi connectivity index (χ3n) is 4.26. The van der Waals surface area contributed by atoms with Gasteiger partial charge in [-0.2, -0.15) is 13.2 Å². The number of rotatable bonds is 5. The number of nitrogens with one attached hydrogen (secondary N) is 2. The number of alkyl halides is 3. The van der Waals surface area contributed by atoms with Gasteiger partial charge in [0.25, 0.3) is 5.91 Å². The Kier molecular flexibility index (Phi) is 5.76. The van der Waals surface area contributed by atoms with E-state index in [1.54, 1.807) is 0 Å². The van der Waals surface area contributed by atoms with Crippen LogP contribution < -0.4 is 10.6 Å². The molecule has 1 aromatic carbocycles. The van der Waals surface area contributed by atoms with Crippen molar-refractivity contribution in [2.45, 2.75) is 25.4 Å². The van der Waals surface area contributed by atoms with Crippen molar-refractivity contribution in [2.75, 3.05) is 11.9 Å². The number of carbonyl (C=O) groups excluding carboxylic acids is 1. The van der Waals surface area contributed by atoms with Gasteiger partial charge in [-0.05, 0) is 37.0 Å². The third-order valence-corrected chi connectivity index (χ3v) is 4.80. The van der Waals surface area contributed by atoms with Gasteiger partial charge in [0.1, 0.15) is 0 Å². The first-order chi connectivity index (χ1) is 12.7. The second-order valence-corrected chi connectivity index (χ2v) is 7.05. The Hall–Kier alpha value is -2.06. The fourth-order valence-corrected chi connectivity index (χ4v) is 3.02. The van der Waals surface area contributed by atoms with Crippen molar-refractivity contribution in [2.24, 2.45) is 5.92 Å². The molecule has 27 heavy (non-hydrogen) atoms. The minimum atomic E-state index is -4.81. The number of halogens is 5. The highest BCUT2D eigenvalue weighted by Crippen LogP contribution is 2.33. The van der Waals surface area contributed by atoms with Crippen LogP contribution in [0, 0.1) is 5.92 Å². The molecule has 0 atom stereocenters. The zero-order chi connectivity index (χ0) is 19.6. The average molecular weight is 419 g/mol.